The summed E-state index contributed by atoms with van der Waals surface area (Å²) < 4.78 is 2.19. The zero-order valence-electron chi connectivity index (χ0n) is 13.5. The van der Waals surface area contributed by atoms with Gasteiger partial charge in [0, 0.05) is 42.8 Å². The molecule has 0 bridgehead atoms. The maximum atomic E-state index is 13.0. The molecule has 0 fully saturated rings. The minimum absolute atomic E-state index is 0.134. The standard InChI is InChI=1S/C20H20N2O/c1-14-6-3-4-8-17(14)20(23)22-11-10-16-12-21(2)18-9-5-7-15(13-22)19(16)18/h3-9,12H,10-11,13H2,1-2H3. The Bertz CT molecular complexity index is 907. The largest absolute Gasteiger partial charge is 0.350 e. The van der Waals surface area contributed by atoms with E-state index in [0.717, 1.165) is 24.1 Å². The molecule has 3 aromatic rings. The molecule has 1 aliphatic rings. The topological polar surface area (TPSA) is 25.2 Å². The molecule has 2 aromatic carbocycles. The molecule has 3 heteroatoms. The van der Waals surface area contributed by atoms with E-state index >= 15 is 0 Å². The van der Waals surface area contributed by atoms with Crippen LogP contribution in [-0.4, -0.2) is 21.9 Å². The Morgan fingerprint density at radius 2 is 1.87 bits per heavy atom. The van der Waals surface area contributed by atoms with Gasteiger partial charge in [0.05, 0.1) is 0 Å². The second kappa shape index (κ2) is 5.27. The van der Waals surface area contributed by atoms with E-state index in [4.69, 9.17) is 0 Å². The molecule has 0 radical (unpaired) electrons. The molecular weight excluding hydrogens is 284 g/mol. The predicted molar refractivity (Wildman–Crippen MR) is 92.5 cm³/mol. The van der Waals surface area contributed by atoms with Gasteiger partial charge in [0.25, 0.3) is 5.91 Å². The Hall–Kier alpha value is -2.55. The summed E-state index contributed by atoms with van der Waals surface area (Å²) in [6, 6.07) is 14.2. The second-order valence-corrected chi connectivity index (χ2v) is 6.37. The molecule has 0 aliphatic carbocycles. The lowest BCUT2D eigenvalue weighted by molar-refractivity contribution is 0.0747. The summed E-state index contributed by atoms with van der Waals surface area (Å²) >= 11 is 0. The van der Waals surface area contributed by atoms with Crippen molar-refractivity contribution in [3.05, 3.63) is 70.9 Å². The first kappa shape index (κ1) is 14.1. The molecule has 0 unspecified atom stereocenters. The summed E-state index contributed by atoms with van der Waals surface area (Å²) in [5, 5.41) is 1.33. The first-order chi connectivity index (χ1) is 11.1. The van der Waals surface area contributed by atoms with Crippen LogP contribution in [0.3, 0.4) is 0 Å². The van der Waals surface area contributed by atoms with Crippen LogP contribution in [0.5, 0.6) is 0 Å². The van der Waals surface area contributed by atoms with Crippen LogP contribution in [0, 0.1) is 6.92 Å². The third kappa shape index (κ3) is 2.24. The third-order valence-electron chi connectivity index (χ3n) is 4.85. The van der Waals surface area contributed by atoms with Gasteiger partial charge < -0.3 is 9.47 Å². The fourth-order valence-electron chi connectivity index (χ4n) is 3.64. The van der Waals surface area contributed by atoms with Crippen molar-refractivity contribution < 1.29 is 4.79 Å². The van der Waals surface area contributed by atoms with Crippen molar-refractivity contribution in [3.8, 4) is 0 Å². The summed E-state index contributed by atoms with van der Waals surface area (Å²) in [6.45, 7) is 3.45. The van der Waals surface area contributed by atoms with Gasteiger partial charge >= 0.3 is 0 Å². The molecule has 1 aliphatic heterocycles. The highest BCUT2D eigenvalue weighted by atomic mass is 16.2. The summed E-state index contributed by atoms with van der Waals surface area (Å²) in [4.78, 5) is 14.9. The molecular formula is C20H20N2O. The van der Waals surface area contributed by atoms with Gasteiger partial charge in [-0.3, -0.25) is 4.79 Å². The number of hydrogen-bond acceptors (Lipinski definition) is 1. The molecule has 23 heavy (non-hydrogen) atoms. The van der Waals surface area contributed by atoms with Crippen molar-refractivity contribution >= 4 is 16.8 Å². The Labute approximate surface area is 136 Å². The molecule has 116 valence electrons. The normalized spacial score (nSPS) is 14.1. The number of hydrogen-bond donors (Lipinski definition) is 0. The smallest absolute Gasteiger partial charge is 0.254 e. The zero-order chi connectivity index (χ0) is 16.0. The van der Waals surface area contributed by atoms with Crippen molar-refractivity contribution in [1.29, 1.82) is 0 Å². The number of amides is 1. The second-order valence-electron chi connectivity index (χ2n) is 6.37. The number of carbonyl (C=O) groups excluding carboxylic acids is 1. The van der Waals surface area contributed by atoms with E-state index in [2.05, 4.69) is 36.0 Å². The number of carbonyl (C=O) groups is 1. The van der Waals surface area contributed by atoms with Crippen LogP contribution in [0.25, 0.3) is 10.9 Å². The quantitative estimate of drug-likeness (QED) is 0.673. The summed E-state index contributed by atoms with van der Waals surface area (Å²) in [5.41, 5.74) is 5.70. The highest BCUT2D eigenvalue weighted by Crippen LogP contribution is 2.29. The lowest BCUT2D eigenvalue weighted by atomic mass is 10.1. The van der Waals surface area contributed by atoms with Crippen LogP contribution in [0.1, 0.15) is 27.0 Å². The van der Waals surface area contributed by atoms with E-state index in [1.54, 1.807) is 0 Å². The minimum Gasteiger partial charge on any atom is -0.350 e. The molecule has 0 atom stereocenters. The van der Waals surface area contributed by atoms with Gasteiger partial charge in [-0.15, -0.1) is 0 Å². The van der Waals surface area contributed by atoms with Gasteiger partial charge in [0.15, 0.2) is 0 Å². The van der Waals surface area contributed by atoms with E-state index in [-0.39, 0.29) is 5.91 Å². The van der Waals surface area contributed by atoms with Crippen LogP contribution in [-0.2, 0) is 20.0 Å². The van der Waals surface area contributed by atoms with Crippen molar-refractivity contribution in [2.45, 2.75) is 19.9 Å². The molecule has 0 saturated carbocycles. The fraction of sp³-hybridized carbons (Fsp3) is 0.250. The van der Waals surface area contributed by atoms with Gasteiger partial charge in [-0.25, -0.2) is 0 Å². The minimum atomic E-state index is 0.134. The molecule has 0 saturated heterocycles. The number of aromatic nitrogens is 1. The van der Waals surface area contributed by atoms with E-state index in [9.17, 15) is 4.79 Å². The van der Waals surface area contributed by atoms with Crippen LogP contribution in [0.2, 0.25) is 0 Å². The van der Waals surface area contributed by atoms with Gasteiger partial charge in [-0.05, 0) is 42.2 Å². The van der Waals surface area contributed by atoms with Crippen LogP contribution >= 0.6 is 0 Å². The van der Waals surface area contributed by atoms with Crippen LogP contribution < -0.4 is 0 Å². The molecule has 1 amide bonds. The van der Waals surface area contributed by atoms with E-state index in [1.165, 1.54) is 22.0 Å². The number of rotatable bonds is 1. The Kier molecular flexibility index (Phi) is 3.22. The molecule has 3 nitrogen and oxygen atoms in total. The van der Waals surface area contributed by atoms with Crippen LogP contribution in [0.4, 0.5) is 0 Å². The van der Waals surface area contributed by atoms with Crippen molar-refractivity contribution in [1.82, 2.24) is 9.47 Å². The Balaban J connectivity index is 1.74. The Morgan fingerprint density at radius 3 is 2.70 bits per heavy atom. The monoisotopic (exact) mass is 304 g/mol. The average molecular weight is 304 g/mol. The average Bonchev–Trinajstić information content (AvgIpc) is 2.76. The highest BCUT2D eigenvalue weighted by molar-refractivity contribution is 5.96. The molecule has 2 heterocycles. The molecule has 1 aromatic heterocycles. The van der Waals surface area contributed by atoms with Gasteiger partial charge in [0.2, 0.25) is 0 Å². The number of benzene rings is 2. The fourth-order valence-corrected chi connectivity index (χ4v) is 3.64. The first-order valence-corrected chi connectivity index (χ1v) is 8.06. The molecule has 4 rings (SSSR count). The number of nitrogens with zero attached hydrogens (tertiary/aromatic N) is 2. The van der Waals surface area contributed by atoms with Crippen molar-refractivity contribution in [2.24, 2.45) is 7.05 Å². The predicted octanol–water partition coefficient (Wildman–Crippen LogP) is 3.69. The van der Waals surface area contributed by atoms with Gasteiger partial charge in [-0.1, -0.05) is 30.3 Å². The lowest BCUT2D eigenvalue weighted by Gasteiger charge is -2.22. The van der Waals surface area contributed by atoms with Gasteiger partial charge in [-0.2, -0.15) is 0 Å². The van der Waals surface area contributed by atoms with E-state index in [1.807, 2.05) is 36.1 Å². The van der Waals surface area contributed by atoms with Crippen molar-refractivity contribution in [2.75, 3.05) is 6.54 Å². The van der Waals surface area contributed by atoms with E-state index in [0.29, 0.717) is 6.54 Å². The highest BCUT2D eigenvalue weighted by Gasteiger charge is 2.23. The Morgan fingerprint density at radius 1 is 1.04 bits per heavy atom. The molecule has 0 N–H and O–H groups in total. The van der Waals surface area contributed by atoms with Crippen molar-refractivity contribution in [3.63, 3.8) is 0 Å². The lowest BCUT2D eigenvalue weighted by Crippen LogP contribution is -2.32. The van der Waals surface area contributed by atoms with Gasteiger partial charge in [0.1, 0.15) is 0 Å². The molecule has 0 spiro atoms. The zero-order valence-corrected chi connectivity index (χ0v) is 13.5. The maximum absolute atomic E-state index is 13.0. The SMILES string of the molecule is Cc1ccccc1C(=O)N1CCc2cn(C)c3cccc(c23)C1. The first-order valence-electron chi connectivity index (χ1n) is 8.06. The maximum Gasteiger partial charge on any atom is 0.254 e. The third-order valence-corrected chi connectivity index (χ3v) is 4.85. The van der Waals surface area contributed by atoms with E-state index < -0.39 is 0 Å². The summed E-state index contributed by atoms with van der Waals surface area (Å²) in [6.07, 6.45) is 3.11. The summed E-state index contributed by atoms with van der Waals surface area (Å²) in [7, 11) is 2.09. The summed E-state index contributed by atoms with van der Waals surface area (Å²) in [5.74, 6) is 0.134. The van der Waals surface area contributed by atoms with Crippen LogP contribution in [0.15, 0.2) is 48.7 Å². The number of aryl methyl sites for hydroxylation is 2.